The molecule has 1 nitrogen and oxygen atoms in total. The third kappa shape index (κ3) is 1.99. The topological polar surface area (TPSA) is 26.0 Å². The van der Waals surface area contributed by atoms with Gasteiger partial charge in [0, 0.05) is 6.04 Å². The second-order valence-electron chi connectivity index (χ2n) is 6.20. The Kier molecular flexibility index (Phi) is 2.86. The van der Waals surface area contributed by atoms with Crippen molar-refractivity contribution in [2.24, 2.45) is 17.6 Å². The average molecular weight is 285 g/mol. The molecule has 2 N–H and O–H groups in total. The van der Waals surface area contributed by atoms with Crippen LogP contribution in [0.1, 0.15) is 35.1 Å². The van der Waals surface area contributed by atoms with Gasteiger partial charge in [-0.25, -0.2) is 8.78 Å². The summed E-state index contributed by atoms with van der Waals surface area (Å²) in [6.07, 6.45) is 2.24. The molecule has 0 radical (unpaired) electrons. The Labute approximate surface area is 122 Å². The van der Waals surface area contributed by atoms with Gasteiger partial charge in [0.25, 0.3) is 0 Å². The van der Waals surface area contributed by atoms with Gasteiger partial charge in [0.1, 0.15) is 0 Å². The van der Waals surface area contributed by atoms with Crippen LogP contribution in [0.15, 0.2) is 42.5 Å². The van der Waals surface area contributed by atoms with Gasteiger partial charge < -0.3 is 5.73 Å². The molecule has 0 heterocycles. The molecule has 21 heavy (non-hydrogen) atoms. The molecule has 4 rings (SSSR count). The van der Waals surface area contributed by atoms with Crippen LogP contribution in [0.5, 0.6) is 0 Å². The highest BCUT2D eigenvalue weighted by molar-refractivity contribution is 5.41. The summed E-state index contributed by atoms with van der Waals surface area (Å²) in [5, 5.41) is 0. The van der Waals surface area contributed by atoms with Crippen LogP contribution in [0.3, 0.4) is 0 Å². The zero-order chi connectivity index (χ0) is 14.6. The maximum absolute atomic E-state index is 13.4. The van der Waals surface area contributed by atoms with E-state index in [0.29, 0.717) is 23.3 Å². The van der Waals surface area contributed by atoms with E-state index in [1.807, 2.05) is 0 Å². The Hall–Kier alpha value is -1.74. The van der Waals surface area contributed by atoms with Crippen LogP contribution in [0.25, 0.3) is 0 Å². The molecule has 0 aromatic heterocycles. The number of hydrogen-bond acceptors (Lipinski definition) is 1. The zero-order valence-corrected chi connectivity index (χ0v) is 11.6. The van der Waals surface area contributed by atoms with Crippen molar-refractivity contribution < 1.29 is 8.78 Å². The summed E-state index contributed by atoms with van der Waals surface area (Å²) in [5.41, 5.74) is 9.86. The number of aryl methyl sites for hydroxylation is 1. The summed E-state index contributed by atoms with van der Waals surface area (Å²) in [6, 6.07) is 12.3. The van der Waals surface area contributed by atoms with Crippen molar-refractivity contribution >= 4 is 0 Å². The fraction of sp³-hybridized carbons (Fsp3) is 0.333. The zero-order valence-electron chi connectivity index (χ0n) is 11.6. The second-order valence-corrected chi connectivity index (χ2v) is 6.20. The van der Waals surface area contributed by atoms with E-state index < -0.39 is 11.6 Å². The number of rotatable bonds is 2. The van der Waals surface area contributed by atoms with Crippen LogP contribution >= 0.6 is 0 Å². The third-order valence-electron chi connectivity index (χ3n) is 5.13. The Balaban J connectivity index is 1.63. The first-order valence-electron chi connectivity index (χ1n) is 7.45. The quantitative estimate of drug-likeness (QED) is 0.888. The van der Waals surface area contributed by atoms with E-state index in [1.54, 1.807) is 6.07 Å². The SMILES string of the molecule is NC(c1ccc(F)c(F)c1)C1C2CCc3ccccc3C21. The number of benzene rings is 2. The predicted octanol–water partition coefficient (Wildman–Crippen LogP) is 3.94. The van der Waals surface area contributed by atoms with Crippen LogP contribution in [0.2, 0.25) is 0 Å². The first-order valence-corrected chi connectivity index (χ1v) is 7.45. The number of halogens is 2. The Bertz CT molecular complexity index is 697. The van der Waals surface area contributed by atoms with E-state index in [-0.39, 0.29) is 6.04 Å². The molecule has 0 aliphatic heterocycles. The highest BCUT2D eigenvalue weighted by atomic mass is 19.2. The van der Waals surface area contributed by atoms with Crippen molar-refractivity contribution in [3.8, 4) is 0 Å². The number of fused-ring (bicyclic) bond motifs is 3. The highest BCUT2D eigenvalue weighted by Crippen LogP contribution is 2.63. The van der Waals surface area contributed by atoms with E-state index in [2.05, 4.69) is 24.3 Å². The van der Waals surface area contributed by atoms with Gasteiger partial charge in [0.2, 0.25) is 0 Å². The third-order valence-corrected chi connectivity index (χ3v) is 5.13. The maximum Gasteiger partial charge on any atom is 0.159 e. The van der Waals surface area contributed by atoms with Crippen LogP contribution < -0.4 is 5.73 Å². The molecule has 108 valence electrons. The molecule has 2 aliphatic rings. The van der Waals surface area contributed by atoms with Crippen LogP contribution in [-0.2, 0) is 6.42 Å². The lowest BCUT2D eigenvalue weighted by atomic mass is 9.92. The van der Waals surface area contributed by atoms with E-state index in [4.69, 9.17) is 5.73 Å². The largest absolute Gasteiger partial charge is 0.324 e. The molecule has 3 heteroatoms. The van der Waals surface area contributed by atoms with Gasteiger partial charge in [-0.1, -0.05) is 30.3 Å². The van der Waals surface area contributed by atoms with Crippen LogP contribution in [0.4, 0.5) is 8.78 Å². The van der Waals surface area contributed by atoms with Crippen molar-refractivity contribution in [1.82, 2.24) is 0 Å². The van der Waals surface area contributed by atoms with Gasteiger partial charge >= 0.3 is 0 Å². The normalized spacial score (nSPS) is 27.7. The number of hydrogen-bond donors (Lipinski definition) is 1. The molecular weight excluding hydrogens is 268 g/mol. The second kappa shape index (κ2) is 4.63. The van der Waals surface area contributed by atoms with E-state index in [9.17, 15) is 8.78 Å². The molecule has 1 saturated carbocycles. The van der Waals surface area contributed by atoms with Gasteiger partial charge in [-0.2, -0.15) is 0 Å². The summed E-state index contributed by atoms with van der Waals surface area (Å²) >= 11 is 0. The van der Waals surface area contributed by atoms with Crippen molar-refractivity contribution in [3.05, 3.63) is 70.8 Å². The average Bonchev–Trinajstić information content (AvgIpc) is 3.24. The van der Waals surface area contributed by atoms with E-state index in [1.165, 1.54) is 23.3 Å². The summed E-state index contributed by atoms with van der Waals surface area (Å²) in [4.78, 5) is 0. The minimum Gasteiger partial charge on any atom is -0.324 e. The first-order chi connectivity index (χ1) is 10.2. The fourth-order valence-corrected chi connectivity index (χ4v) is 4.05. The predicted molar refractivity (Wildman–Crippen MR) is 77.8 cm³/mol. The maximum atomic E-state index is 13.4. The minimum absolute atomic E-state index is 0.221. The van der Waals surface area contributed by atoms with Crippen molar-refractivity contribution in [2.45, 2.75) is 24.8 Å². The van der Waals surface area contributed by atoms with E-state index >= 15 is 0 Å². The lowest BCUT2D eigenvalue weighted by Crippen LogP contribution is -2.14. The highest BCUT2D eigenvalue weighted by Gasteiger charge is 2.55. The smallest absolute Gasteiger partial charge is 0.159 e. The van der Waals surface area contributed by atoms with Gasteiger partial charge in [0.15, 0.2) is 11.6 Å². The lowest BCUT2D eigenvalue weighted by molar-refractivity contribution is 0.499. The molecule has 2 aromatic rings. The monoisotopic (exact) mass is 285 g/mol. The Morgan fingerprint density at radius 1 is 1.05 bits per heavy atom. The molecule has 0 saturated heterocycles. The Morgan fingerprint density at radius 3 is 2.67 bits per heavy atom. The fourth-order valence-electron chi connectivity index (χ4n) is 4.05. The Morgan fingerprint density at radius 2 is 1.86 bits per heavy atom. The molecule has 4 atom stereocenters. The molecule has 4 unspecified atom stereocenters. The molecule has 0 spiro atoms. The molecule has 0 amide bonds. The lowest BCUT2D eigenvalue weighted by Gasteiger charge is -2.14. The molecule has 0 bridgehead atoms. The van der Waals surface area contributed by atoms with Crippen molar-refractivity contribution in [3.63, 3.8) is 0 Å². The van der Waals surface area contributed by atoms with Gasteiger partial charge in [-0.15, -0.1) is 0 Å². The van der Waals surface area contributed by atoms with Gasteiger partial charge in [-0.05, 0) is 59.4 Å². The summed E-state index contributed by atoms with van der Waals surface area (Å²) in [7, 11) is 0. The van der Waals surface area contributed by atoms with Crippen molar-refractivity contribution in [2.75, 3.05) is 0 Å². The summed E-state index contributed by atoms with van der Waals surface area (Å²) < 4.78 is 26.5. The van der Waals surface area contributed by atoms with Gasteiger partial charge in [-0.3, -0.25) is 0 Å². The molecule has 1 fully saturated rings. The molecule has 2 aliphatic carbocycles. The minimum atomic E-state index is -0.815. The summed E-state index contributed by atoms with van der Waals surface area (Å²) in [5.74, 6) is -0.212. The van der Waals surface area contributed by atoms with Crippen LogP contribution in [0, 0.1) is 23.5 Å². The van der Waals surface area contributed by atoms with Gasteiger partial charge in [0.05, 0.1) is 0 Å². The summed E-state index contributed by atoms with van der Waals surface area (Å²) in [6.45, 7) is 0. The van der Waals surface area contributed by atoms with Crippen LogP contribution in [-0.4, -0.2) is 0 Å². The number of nitrogens with two attached hydrogens (primary N) is 1. The standard InChI is InChI=1S/C18H17F2N/c19-14-8-6-11(9-15(14)20)18(21)17-13-7-5-10-3-1-2-4-12(10)16(13)17/h1-4,6,8-9,13,16-18H,5,7,21H2. The molecular formula is C18H17F2N. The van der Waals surface area contributed by atoms with Crippen molar-refractivity contribution in [1.29, 1.82) is 0 Å². The van der Waals surface area contributed by atoms with E-state index in [0.717, 1.165) is 12.8 Å². The first kappa shape index (κ1) is 13.0. The molecule has 2 aromatic carbocycles.